The molecule has 3 rings (SSSR count). The summed E-state index contributed by atoms with van der Waals surface area (Å²) in [7, 11) is 0. The molecule has 26 heavy (non-hydrogen) atoms. The Hall–Kier alpha value is -3.22. The molecular formula is C19H22N6O. The summed E-state index contributed by atoms with van der Waals surface area (Å²) in [4.78, 5) is 25.2. The van der Waals surface area contributed by atoms with Crippen LogP contribution < -0.4 is 10.6 Å². The number of aryl methyl sites for hydroxylation is 1. The van der Waals surface area contributed by atoms with Crippen molar-refractivity contribution in [3.63, 3.8) is 0 Å². The number of aromatic nitrogens is 4. The Morgan fingerprint density at radius 1 is 1.15 bits per heavy atom. The van der Waals surface area contributed by atoms with Gasteiger partial charge in [0.25, 0.3) is 5.91 Å². The van der Waals surface area contributed by atoms with Gasteiger partial charge in [0, 0.05) is 36.6 Å². The second-order valence-corrected chi connectivity index (χ2v) is 5.73. The monoisotopic (exact) mass is 350 g/mol. The fourth-order valence-corrected chi connectivity index (χ4v) is 2.60. The fraction of sp³-hybridized carbons (Fsp3) is 0.263. The molecule has 7 nitrogen and oxygen atoms in total. The normalized spacial score (nSPS) is 10.5. The van der Waals surface area contributed by atoms with Crippen LogP contribution in [0.1, 0.15) is 29.9 Å². The number of hydrogen-bond acceptors (Lipinski definition) is 5. The Kier molecular flexibility index (Phi) is 5.58. The zero-order valence-electron chi connectivity index (χ0n) is 14.9. The number of benzene rings is 1. The minimum atomic E-state index is -0.122. The zero-order valence-corrected chi connectivity index (χ0v) is 14.9. The minimum absolute atomic E-state index is 0.122. The number of carbonyl (C=O) groups is 1. The number of nitrogens with one attached hydrogen (secondary N) is 2. The van der Waals surface area contributed by atoms with Crippen molar-refractivity contribution < 1.29 is 4.79 Å². The highest BCUT2D eigenvalue weighted by Gasteiger charge is 2.09. The van der Waals surface area contributed by atoms with Crippen LogP contribution in [-0.2, 0) is 13.1 Å². The zero-order chi connectivity index (χ0) is 18.4. The molecule has 2 heterocycles. The molecule has 0 spiro atoms. The molecule has 0 aliphatic heterocycles. The van der Waals surface area contributed by atoms with Crippen LogP contribution in [0, 0.1) is 0 Å². The van der Waals surface area contributed by atoms with Crippen molar-refractivity contribution >= 4 is 11.7 Å². The second-order valence-electron chi connectivity index (χ2n) is 5.73. The van der Waals surface area contributed by atoms with E-state index in [0.717, 1.165) is 30.2 Å². The molecule has 2 N–H and O–H groups in total. The van der Waals surface area contributed by atoms with Gasteiger partial charge in [0.05, 0.1) is 18.6 Å². The molecule has 2 aromatic heterocycles. The summed E-state index contributed by atoms with van der Waals surface area (Å²) in [6, 6.07) is 9.11. The van der Waals surface area contributed by atoms with Crippen LogP contribution in [0.25, 0.3) is 11.4 Å². The van der Waals surface area contributed by atoms with E-state index in [4.69, 9.17) is 0 Å². The summed E-state index contributed by atoms with van der Waals surface area (Å²) in [6.45, 7) is 6.13. The maximum atomic E-state index is 12.3. The first-order valence-corrected chi connectivity index (χ1v) is 8.65. The molecule has 0 fully saturated rings. The third-order valence-electron chi connectivity index (χ3n) is 3.99. The molecule has 1 amide bonds. The largest absolute Gasteiger partial charge is 0.370 e. The first kappa shape index (κ1) is 17.6. The number of nitrogens with zero attached hydrogens (tertiary/aromatic N) is 4. The number of carbonyl (C=O) groups excluding carboxylic acids is 1. The Labute approximate surface area is 152 Å². The van der Waals surface area contributed by atoms with Gasteiger partial charge in [-0.15, -0.1) is 0 Å². The predicted molar refractivity (Wildman–Crippen MR) is 101 cm³/mol. The van der Waals surface area contributed by atoms with Gasteiger partial charge in [0.15, 0.2) is 5.82 Å². The molecule has 0 unspecified atom stereocenters. The maximum Gasteiger partial charge on any atom is 0.251 e. The van der Waals surface area contributed by atoms with E-state index in [-0.39, 0.29) is 5.91 Å². The van der Waals surface area contributed by atoms with Gasteiger partial charge in [-0.05, 0) is 32.0 Å². The van der Waals surface area contributed by atoms with Gasteiger partial charge in [-0.2, -0.15) is 0 Å². The molecule has 7 heteroatoms. The quantitative estimate of drug-likeness (QED) is 0.684. The molecule has 0 atom stereocenters. The summed E-state index contributed by atoms with van der Waals surface area (Å²) in [5.41, 5.74) is 2.44. The number of anilines is 1. The fourth-order valence-electron chi connectivity index (χ4n) is 2.60. The highest BCUT2D eigenvalue weighted by molar-refractivity contribution is 5.94. The summed E-state index contributed by atoms with van der Waals surface area (Å²) >= 11 is 0. The number of rotatable bonds is 7. The van der Waals surface area contributed by atoms with E-state index in [9.17, 15) is 4.79 Å². The average molecular weight is 350 g/mol. The average Bonchev–Trinajstić information content (AvgIpc) is 3.14. The van der Waals surface area contributed by atoms with E-state index in [1.807, 2.05) is 36.6 Å². The molecule has 0 radical (unpaired) electrons. The van der Waals surface area contributed by atoms with Gasteiger partial charge in [-0.1, -0.05) is 12.1 Å². The Morgan fingerprint density at radius 3 is 2.69 bits per heavy atom. The second kappa shape index (κ2) is 8.24. The molecule has 0 aliphatic rings. The lowest BCUT2D eigenvalue weighted by molar-refractivity contribution is 0.0950. The third-order valence-corrected chi connectivity index (χ3v) is 3.99. The van der Waals surface area contributed by atoms with Gasteiger partial charge in [0.2, 0.25) is 0 Å². The van der Waals surface area contributed by atoms with Crippen LogP contribution in [0.3, 0.4) is 0 Å². The molecule has 0 saturated carbocycles. The first-order valence-electron chi connectivity index (χ1n) is 8.65. The SMILES string of the molecule is CCNc1ccnc(-c2ccc(C(=O)NCc3cncn3CC)cc2)n1. The topological polar surface area (TPSA) is 84.7 Å². The lowest BCUT2D eigenvalue weighted by Gasteiger charge is -2.08. The predicted octanol–water partition coefficient (Wildman–Crippen LogP) is 2.72. The maximum absolute atomic E-state index is 12.3. The summed E-state index contributed by atoms with van der Waals surface area (Å²) in [5.74, 6) is 1.29. The van der Waals surface area contributed by atoms with Crippen LogP contribution in [0.2, 0.25) is 0 Å². The van der Waals surface area contributed by atoms with Crippen molar-refractivity contribution in [3.8, 4) is 11.4 Å². The first-order chi connectivity index (χ1) is 12.7. The van der Waals surface area contributed by atoms with Gasteiger partial charge in [-0.25, -0.2) is 15.0 Å². The molecular weight excluding hydrogens is 328 g/mol. The van der Waals surface area contributed by atoms with Crippen molar-refractivity contribution in [2.75, 3.05) is 11.9 Å². The molecule has 3 aromatic rings. The highest BCUT2D eigenvalue weighted by Crippen LogP contribution is 2.17. The van der Waals surface area contributed by atoms with E-state index < -0.39 is 0 Å². The van der Waals surface area contributed by atoms with Gasteiger partial charge < -0.3 is 15.2 Å². The van der Waals surface area contributed by atoms with E-state index in [2.05, 4.69) is 25.6 Å². The number of imidazole rings is 1. The van der Waals surface area contributed by atoms with Crippen molar-refractivity contribution in [2.24, 2.45) is 0 Å². The lowest BCUT2D eigenvalue weighted by Crippen LogP contribution is -2.24. The van der Waals surface area contributed by atoms with E-state index in [1.54, 1.807) is 30.9 Å². The molecule has 134 valence electrons. The number of amides is 1. The van der Waals surface area contributed by atoms with E-state index in [1.165, 1.54) is 0 Å². The van der Waals surface area contributed by atoms with Crippen molar-refractivity contribution in [2.45, 2.75) is 26.9 Å². The van der Waals surface area contributed by atoms with Crippen LogP contribution >= 0.6 is 0 Å². The van der Waals surface area contributed by atoms with Crippen LogP contribution in [0.15, 0.2) is 49.1 Å². The van der Waals surface area contributed by atoms with Crippen LogP contribution in [0.4, 0.5) is 5.82 Å². The summed E-state index contributed by atoms with van der Waals surface area (Å²) < 4.78 is 2.00. The van der Waals surface area contributed by atoms with Crippen molar-refractivity contribution in [1.82, 2.24) is 24.8 Å². The smallest absolute Gasteiger partial charge is 0.251 e. The summed E-state index contributed by atoms with van der Waals surface area (Å²) in [6.07, 6.45) is 5.25. The Balaban J connectivity index is 1.67. The Bertz CT molecular complexity index is 872. The van der Waals surface area contributed by atoms with Crippen LogP contribution in [0.5, 0.6) is 0 Å². The van der Waals surface area contributed by atoms with Gasteiger partial charge >= 0.3 is 0 Å². The molecule has 0 saturated heterocycles. The Morgan fingerprint density at radius 2 is 1.96 bits per heavy atom. The molecule has 0 bridgehead atoms. The van der Waals surface area contributed by atoms with E-state index >= 15 is 0 Å². The third kappa shape index (κ3) is 4.05. The van der Waals surface area contributed by atoms with Gasteiger partial charge in [0.1, 0.15) is 5.82 Å². The highest BCUT2D eigenvalue weighted by atomic mass is 16.1. The molecule has 1 aromatic carbocycles. The number of hydrogen-bond donors (Lipinski definition) is 2. The standard InChI is InChI=1S/C19H22N6O/c1-3-21-17-9-10-22-18(24-17)14-5-7-15(8-6-14)19(26)23-12-16-11-20-13-25(16)4-2/h5-11,13H,3-4,12H2,1-2H3,(H,23,26)(H,21,22,24). The van der Waals surface area contributed by atoms with Gasteiger partial charge in [-0.3, -0.25) is 4.79 Å². The lowest BCUT2D eigenvalue weighted by atomic mass is 10.1. The summed E-state index contributed by atoms with van der Waals surface area (Å²) in [5, 5.41) is 6.08. The minimum Gasteiger partial charge on any atom is -0.370 e. The van der Waals surface area contributed by atoms with Crippen molar-refractivity contribution in [3.05, 3.63) is 60.3 Å². The van der Waals surface area contributed by atoms with Crippen LogP contribution in [-0.4, -0.2) is 32.0 Å². The van der Waals surface area contributed by atoms with E-state index in [0.29, 0.717) is 17.9 Å². The molecule has 0 aliphatic carbocycles. The van der Waals surface area contributed by atoms with Crippen molar-refractivity contribution in [1.29, 1.82) is 0 Å².